The van der Waals surface area contributed by atoms with Gasteiger partial charge >= 0.3 is 21.6 Å². The topological polar surface area (TPSA) is 96.7 Å². The van der Waals surface area contributed by atoms with E-state index in [2.05, 4.69) is 14.0 Å². The van der Waals surface area contributed by atoms with Crippen molar-refractivity contribution in [2.24, 2.45) is 0 Å². The first-order valence-electron chi connectivity index (χ1n) is 9.06. The second-order valence-corrected chi connectivity index (χ2v) is 8.07. The molecule has 0 N–H and O–H groups in total. The van der Waals surface area contributed by atoms with E-state index in [9.17, 15) is 26.4 Å². The number of esters is 1. The summed E-state index contributed by atoms with van der Waals surface area (Å²) in [6.07, 6.45) is 3.30. The van der Waals surface area contributed by atoms with E-state index in [-0.39, 0.29) is 12.0 Å². The van der Waals surface area contributed by atoms with E-state index < -0.39 is 44.5 Å². The average molecular weight is 488 g/mol. The van der Waals surface area contributed by atoms with Gasteiger partial charge < -0.3 is 13.7 Å². The van der Waals surface area contributed by atoms with Crippen LogP contribution in [0.2, 0.25) is 0 Å². The Kier molecular flexibility index (Phi) is 6.63. The van der Waals surface area contributed by atoms with Crippen molar-refractivity contribution in [3.63, 3.8) is 0 Å². The Morgan fingerprint density at radius 1 is 1.12 bits per heavy atom. The maximum atomic E-state index is 15.1. The number of rotatable bonds is 7. The molecular weight excluding hydrogens is 472 g/mol. The van der Waals surface area contributed by atoms with Crippen molar-refractivity contribution in [1.29, 1.82) is 0 Å². The molecule has 0 atom stereocenters. The summed E-state index contributed by atoms with van der Waals surface area (Å²) in [4.78, 5) is 12.1. The molecule has 0 aliphatic heterocycles. The van der Waals surface area contributed by atoms with Gasteiger partial charge in [-0.15, -0.1) is 0 Å². The first-order valence-corrected chi connectivity index (χ1v) is 10.5. The highest BCUT2D eigenvalue weighted by atomic mass is 32.2. The third kappa shape index (κ3) is 4.92. The zero-order chi connectivity index (χ0) is 24.4. The highest BCUT2D eigenvalue weighted by Gasteiger charge is 2.49. The molecule has 13 heteroatoms. The molecule has 2 aromatic carbocycles. The highest BCUT2D eigenvalue weighted by Crippen LogP contribution is 2.38. The lowest BCUT2D eigenvalue weighted by atomic mass is 10.00. The van der Waals surface area contributed by atoms with Crippen molar-refractivity contribution in [1.82, 2.24) is 9.78 Å². The maximum Gasteiger partial charge on any atom is 0.534 e. The van der Waals surface area contributed by atoms with Crippen molar-refractivity contribution < 1.29 is 44.4 Å². The van der Waals surface area contributed by atoms with E-state index in [1.165, 1.54) is 0 Å². The van der Waals surface area contributed by atoms with Gasteiger partial charge in [0.2, 0.25) is 5.82 Å². The van der Waals surface area contributed by atoms with Crippen molar-refractivity contribution in [2.75, 3.05) is 14.2 Å². The number of aromatic nitrogens is 2. The number of carbonyl (C=O) groups excluding carboxylic acids is 1. The van der Waals surface area contributed by atoms with E-state index in [1.54, 1.807) is 47.4 Å². The Balaban J connectivity index is 2.05. The molecule has 0 aliphatic rings. The van der Waals surface area contributed by atoms with Gasteiger partial charge in [0.15, 0.2) is 11.5 Å². The summed E-state index contributed by atoms with van der Waals surface area (Å²) in [6.45, 7) is 0. The third-order valence-electron chi connectivity index (χ3n) is 4.44. The predicted molar refractivity (Wildman–Crippen MR) is 106 cm³/mol. The molecule has 0 spiro atoms. The summed E-state index contributed by atoms with van der Waals surface area (Å²) < 4.78 is 91.1. The molecule has 1 aromatic heterocycles. The van der Waals surface area contributed by atoms with Gasteiger partial charge in [-0.05, 0) is 29.8 Å². The van der Waals surface area contributed by atoms with Crippen LogP contribution in [0.3, 0.4) is 0 Å². The lowest BCUT2D eigenvalue weighted by Crippen LogP contribution is -2.29. The number of nitrogens with zero attached hydrogens (tertiary/aromatic N) is 2. The van der Waals surface area contributed by atoms with Crippen LogP contribution < -0.4 is 8.92 Å². The molecule has 0 bridgehead atoms. The Morgan fingerprint density at radius 2 is 1.79 bits per heavy atom. The van der Waals surface area contributed by atoms with E-state index in [0.717, 1.165) is 26.0 Å². The van der Waals surface area contributed by atoms with Gasteiger partial charge in [-0.2, -0.15) is 31.1 Å². The minimum atomic E-state index is -6.27. The first-order chi connectivity index (χ1) is 15.5. The minimum absolute atomic E-state index is 0.0181. The van der Waals surface area contributed by atoms with Gasteiger partial charge in [-0.1, -0.05) is 12.1 Å². The van der Waals surface area contributed by atoms with Gasteiger partial charge in [0.05, 0.1) is 19.9 Å². The van der Waals surface area contributed by atoms with Crippen LogP contribution in [0.5, 0.6) is 11.5 Å². The summed E-state index contributed by atoms with van der Waals surface area (Å²) in [5.41, 5.74) is -5.31. The molecule has 176 valence electrons. The molecule has 8 nitrogen and oxygen atoms in total. The van der Waals surface area contributed by atoms with E-state index in [1.807, 2.05) is 0 Å². The summed E-state index contributed by atoms with van der Waals surface area (Å²) in [5.74, 6) is -4.98. The number of halogens is 4. The van der Waals surface area contributed by atoms with Crippen LogP contribution in [0.4, 0.5) is 17.6 Å². The van der Waals surface area contributed by atoms with Crippen LogP contribution in [0.15, 0.2) is 48.8 Å². The van der Waals surface area contributed by atoms with Gasteiger partial charge in [0.25, 0.3) is 0 Å². The van der Waals surface area contributed by atoms with E-state index in [4.69, 9.17) is 4.74 Å². The third-order valence-corrected chi connectivity index (χ3v) is 5.39. The Bertz CT molecular complexity index is 1260. The second kappa shape index (κ2) is 9.10. The molecule has 0 saturated heterocycles. The highest BCUT2D eigenvalue weighted by molar-refractivity contribution is 7.88. The minimum Gasteiger partial charge on any atom is -0.493 e. The summed E-state index contributed by atoms with van der Waals surface area (Å²) in [5, 5.41) is 4.09. The van der Waals surface area contributed by atoms with Gasteiger partial charge in [0, 0.05) is 24.4 Å². The zero-order valence-electron chi connectivity index (χ0n) is 17.1. The SMILES string of the molecule is COC(=O)c1cc(Cc2ccc(-n3cccn3)cc2)c(OC)c(F)c1OS(=O)(=O)C(F)(F)F. The quantitative estimate of drug-likeness (QED) is 0.217. The number of benzene rings is 2. The van der Waals surface area contributed by atoms with Crippen LogP contribution in [0, 0.1) is 5.82 Å². The Morgan fingerprint density at radius 3 is 2.30 bits per heavy atom. The van der Waals surface area contributed by atoms with Gasteiger partial charge in [-0.3, -0.25) is 0 Å². The fourth-order valence-corrected chi connectivity index (χ4v) is 3.40. The molecule has 0 amide bonds. The normalized spacial score (nSPS) is 11.8. The summed E-state index contributed by atoms with van der Waals surface area (Å²) in [7, 11) is -4.35. The van der Waals surface area contributed by atoms with Crippen molar-refractivity contribution in [2.45, 2.75) is 11.9 Å². The van der Waals surface area contributed by atoms with Crippen LogP contribution >= 0.6 is 0 Å². The molecule has 0 saturated carbocycles. The number of methoxy groups -OCH3 is 2. The summed E-state index contributed by atoms with van der Waals surface area (Å²) >= 11 is 0. The fraction of sp³-hybridized carbons (Fsp3) is 0.200. The van der Waals surface area contributed by atoms with Crippen LogP contribution in [-0.2, 0) is 21.3 Å². The van der Waals surface area contributed by atoms with Crippen molar-refractivity contribution >= 4 is 16.1 Å². The standard InChI is InChI=1S/C20H16F4N2O6S/c1-30-17-13(10-12-4-6-14(7-5-12)26-9-3-8-25-26)11-15(19(27)31-2)18(16(17)21)32-33(28,29)20(22,23)24/h3-9,11H,10H2,1-2H3. The molecule has 33 heavy (non-hydrogen) atoms. The maximum absolute atomic E-state index is 15.1. The van der Waals surface area contributed by atoms with Gasteiger partial charge in [-0.25, -0.2) is 9.48 Å². The monoisotopic (exact) mass is 488 g/mol. The lowest BCUT2D eigenvalue weighted by molar-refractivity contribution is -0.0501. The number of ether oxygens (including phenoxy) is 2. The molecule has 3 rings (SSSR count). The van der Waals surface area contributed by atoms with E-state index >= 15 is 4.39 Å². The molecule has 0 radical (unpaired) electrons. The lowest BCUT2D eigenvalue weighted by Gasteiger charge is -2.17. The molecular formula is C20H16F4N2O6S. The Hall–Kier alpha value is -3.61. The molecule has 1 heterocycles. The number of carbonyl (C=O) groups is 1. The summed E-state index contributed by atoms with van der Waals surface area (Å²) in [6, 6.07) is 9.50. The van der Waals surface area contributed by atoms with E-state index in [0.29, 0.717) is 5.56 Å². The van der Waals surface area contributed by atoms with Crippen LogP contribution in [0.1, 0.15) is 21.5 Å². The predicted octanol–water partition coefficient (Wildman–Crippen LogP) is 3.63. The molecule has 0 aliphatic carbocycles. The largest absolute Gasteiger partial charge is 0.534 e. The van der Waals surface area contributed by atoms with Crippen LogP contribution in [0.25, 0.3) is 5.69 Å². The van der Waals surface area contributed by atoms with Crippen molar-refractivity contribution in [3.05, 3.63) is 71.3 Å². The number of alkyl halides is 3. The molecule has 0 unspecified atom stereocenters. The molecule has 0 fully saturated rings. The zero-order valence-corrected chi connectivity index (χ0v) is 17.9. The van der Waals surface area contributed by atoms with Crippen LogP contribution in [-0.4, -0.2) is 43.9 Å². The first kappa shape index (κ1) is 24.0. The second-order valence-electron chi connectivity index (χ2n) is 6.53. The average Bonchev–Trinajstić information content (AvgIpc) is 3.29. The Labute approximate surface area is 185 Å². The van der Waals surface area contributed by atoms with Gasteiger partial charge in [0.1, 0.15) is 5.56 Å². The van der Waals surface area contributed by atoms with Crippen molar-refractivity contribution in [3.8, 4) is 17.2 Å². The number of hydrogen-bond donors (Lipinski definition) is 0. The fourth-order valence-electron chi connectivity index (χ4n) is 2.93. The molecule has 3 aromatic rings. The smallest absolute Gasteiger partial charge is 0.493 e. The number of hydrogen-bond acceptors (Lipinski definition) is 7.